The summed E-state index contributed by atoms with van der Waals surface area (Å²) in [7, 11) is 2.96. The summed E-state index contributed by atoms with van der Waals surface area (Å²) in [6, 6.07) is 0. The molecule has 1 heterocycles. The lowest BCUT2D eigenvalue weighted by Crippen LogP contribution is -2.31. The van der Waals surface area contributed by atoms with Crippen LogP contribution in [0.4, 0.5) is 0 Å². The molecule has 19 heavy (non-hydrogen) atoms. The molecule has 0 radical (unpaired) electrons. The first-order chi connectivity index (χ1) is 9.04. The van der Waals surface area contributed by atoms with Gasteiger partial charge in [-0.05, 0) is 13.5 Å². The number of rotatable bonds is 6. The second kappa shape index (κ2) is 6.83. The minimum absolute atomic E-state index is 0.0314. The van der Waals surface area contributed by atoms with Crippen molar-refractivity contribution < 1.29 is 14.3 Å². The van der Waals surface area contributed by atoms with Gasteiger partial charge < -0.3 is 15.4 Å². The molecule has 1 rings (SSSR count). The molecule has 0 saturated carbocycles. The third-order valence-corrected chi connectivity index (χ3v) is 2.78. The fourth-order valence-electron chi connectivity index (χ4n) is 1.52. The van der Waals surface area contributed by atoms with Gasteiger partial charge >= 0.3 is 5.97 Å². The standard InChI is InChI=1S/C11H19N5O3/c1-4-15(2)9(17)7-16-8(5-6-12)10(13-14-16)11(18)19-3/h4-7,12H2,1-3H3. The molecule has 8 heteroatoms. The second-order valence-electron chi connectivity index (χ2n) is 3.98. The summed E-state index contributed by atoms with van der Waals surface area (Å²) >= 11 is 0. The monoisotopic (exact) mass is 269 g/mol. The smallest absolute Gasteiger partial charge is 0.360 e. The van der Waals surface area contributed by atoms with Crippen LogP contribution in [0.25, 0.3) is 0 Å². The molecule has 0 atom stereocenters. The van der Waals surface area contributed by atoms with Gasteiger partial charge in [0, 0.05) is 20.0 Å². The summed E-state index contributed by atoms with van der Waals surface area (Å²) < 4.78 is 6.02. The molecule has 2 N–H and O–H groups in total. The van der Waals surface area contributed by atoms with Crippen molar-refractivity contribution in [3.63, 3.8) is 0 Å². The molecule has 0 saturated heterocycles. The Labute approximate surface area is 111 Å². The molecule has 0 spiro atoms. The highest BCUT2D eigenvalue weighted by atomic mass is 16.5. The number of likely N-dealkylation sites (N-methyl/N-ethyl adjacent to an activating group) is 1. The van der Waals surface area contributed by atoms with E-state index >= 15 is 0 Å². The first kappa shape index (κ1) is 15.1. The van der Waals surface area contributed by atoms with Gasteiger partial charge in [0.1, 0.15) is 6.54 Å². The van der Waals surface area contributed by atoms with Crippen molar-refractivity contribution in [1.82, 2.24) is 19.9 Å². The number of carbonyl (C=O) groups is 2. The highest BCUT2D eigenvalue weighted by molar-refractivity contribution is 5.88. The van der Waals surface area contributed by atoms with Crippen LogP contribution in [0, 0.1) is 0 Å². The molecule has 0 aromatic carbocycles. The van der Waals surface area contributed by atoms with Gasteiger partial charge in [-0.3, -0.25) is 4.79 Å². The molecule has 0 bridgehead atoms. The van der Waals surface area contributed by atoms with Crippen LogP contribution in [0.1, 0.15) is 23.1 Å². The average Bonchev–Trinajstić information content (AvgIpc) is 2.80. The number of methoxy groups -OCH3 is 1. The van der Waals surface area contributed by atoms with Crippen LogP contribution < -0.4 is 5.73 Å². The van der Waals surface area contributed by atoms with E-state index in [1.54, 1.807) is 11.9 Å². The van der Waals surface area contributed by atoms with Gasteiger partial charge in [-0.15, -0.1) is 5.10 Å². The van der Waals surface area contributed by atoms with E-state index in [2.05, 4.69) is 15.0 Å². The molecule has 1 aromatic heterocycles. The SMILES string of the molecule is CCN(C)C(=O)Cn1nnc(C(=O)OC)c1CCN. The van der Waals surface area contributed by atoms with E-state index in [1.807, 2.05) is 6.92 Å². The highest BCUT2D eigenvalue weighted by Crippen LogP contribution is 2.08. The van der Waals surface area contributed by atoms with E-state index in [0.717, 1.165) is 0 Å². The summed E-state index contributed by atoms with van der Waals surface area (Å²) in [5.74, 6) is -0.687. The molecule has 0 aliphatic heterocycles. The summed E-state index contributed by atoms with van der Waals surface area (Å²) in [6.07, 6.45) is 0.403. The van der Waals surface area contributed by atoms with Crippen molar-refractivity contribution in [2.75, 3.05) is 27.2 Å². The van der Waals surface area contributed by atoms with Gasteiger partial charge in [-0.25, -0.2) is 9.48 Å². The fraction of sp³-hybridized carbons (Fsp3) is 0.636. The number of amides is 1. The topological polar surface area (TPSA) is 103 Å². The van der Waals surface area contributed by atoms with Crippen molar-refractivity contribution >= 4 is 11.9 Å². The number of nitrogens with two attached hydrogens (primary N) is 1. The lowest BCUT2D eigenvalue weighted by atomic mass is 10.2. The summed E-state index contributed by atoms with van der Waals surface area (Å²) in [6.45, 7) is 2.84. The molecule has 0 unspecified atom stereocenters. The number of aromatic nitrogens is 3. The van der Waals surface area contributed by atoms with E-state index < -0.39 is 5.97 Å². The van der Waals surface area contributed by atoms with E-state index in [4.69, 9.17) is 5.73 Å². The maximum atomic E-state index is 11.8. The number of carbonyl (C=O) groups excluding carboxylic acids is 2. The zero-order chi connectivity index (χ0) is 14.4. The third-order valence-electron chi connectivity index (χ3n) is 2.78. The quantitative estimate of drug-likeness (QED) is 0.667. The van der Waals surface area contributed by atoms with Crippen molar-refractivity contribution in [1.29, 1.82) is 0 Å². The van der Waals surface area contributed by atoms with Crippen molar-refractivity contribution in [2.45, 2.75) is 19.9 Å². The van der Waals surface area contributed by atoms with Crippen LogP contribution in [-0.2, 0) is 22.5 Å². The van der Waals surface area contributed by atoms with Gasteiger partial charge in [0.2, 0.25) is 5.91 Å². The Morgan fingerprint density at radius 3 is 2.68 bits per heavy atom. The van der Waals surface area contributed by atoms with Crippen LogP contribution in [0.15, 0.2) is 0 Å². The maximum absolute atomic E-state index is 11.8. The van der Waals surface area contributed by atoms with Gasteiger partial charge in [0.15, 0.2) is 5.69 Å². The normalized spacial score (nSPS) is 10.3. The van der Waals surface area contributed by atoms with Gasteiger partial charge in [0.05, 0.1) is 12.8 Å². The van der Waals surface area contributed by atoms with Crippen molar-refractivity contribution in [3.05, 3.63) is 11.4 Å². The molecule has 1 amide bonds. The second-order valence-corrected chi connectivity index (χ2v) is 3.98. The lowest BCUT2D eigenvalue weighted by molar-refractivity contribution is -0.130. The largest absolute Gasteiger partial charge is 0.464 e. The van der Waals surface area contributed by atoms with Crippen LogP contribution in [0.5, 0.6) is 0 Å². The number of ether oxygens (including phenoxy) is 1. The van der Waals surface area contributed by atoms with E-state index in [1.165, 1.54) is 11.8 Å². The molecule has 1 aromatic rings. The van der Waals surface area contributed by atoms with Gasteiger partial charge in [-0.1, -0.05) is 5.21 Å². The Hall–Kier alpha value is -1.96. The number of nitrogens with zero attached hydrogens (tertiary/aromatic N) is 4. The summed E-state index contributed by atoms with van der Waals surface area (Å²) in [5, 5.41) is 7.58. The first-order valence-electron chi connectivity index (χ1n) is 5.99. The number of hydrogen-bond donors (Lipinski definition) is 1. The Kier molecular flexibility index (Phi) is 5.43. The predicted molar refractivity (Wildman–Crippen MR) is 67.4 cm³/mol. The fourth-order valence-corrected chi connectivity index (χ4v) is 1.52. The average molecular weight is 269 g/mol. The van der Waals surface area contributed by atoms with Crippen LogP contribution in [-0.4, -0.2) is 59.0 Å². The van der Waals surface area contributed by atoms with Crippen molar-refractivity contribution in [2.24, 2.45) is 5.73 Å². The van der Waals surface area contributed by atoms with E-state index in [9.17, 15) is 9.59 Å². The summed E-state index contributed by atoms with van der Waals surface area (Å²) in [4.78, 5) is 24.9. The zero-order valence-electron chi connectivity index (χ0n) is 11.4. The van der Waals surface area contributed by atoms with Crippen LogP contribution >= 0.6 is 0 Å². The molecule has 8 nitrogen and oxygen atoms in total. The Balaban J connectivity index is 2.98. The number of hydrogen-bond acceptors (Lipinski definition) is 6. The Bertz CT molecular complexity index is 457. The molecule has 0 aliphatic carbocycles. The molecule has 0 aliphatic rings. The highest BCUT2D eigenvalue weighted by Gasteiger charge is 2.21. The molecular weight excluding hydrogens is 250 g/mol. The van der Waals surface area contributed by atoms with Crippen LogP contribution in [0.3, 0.4) is 0 Å². The Morgan fingerprint density at radius 1 is 1.47 bits per heavy atom. The minimum Gasteiger partial charge on any atom is -0.464 e. The minimum atomic E-state index is -0.578. The molecular formula is C11H19N5O3. The maximum Gasteiger partial charge on any atom is 0.360 e. The zero-order valence-corrected chi connectivity index (χ0v) is 11.4. The predicted octanol–water partition coefficient (Wildman–Crippen LogP) is -0.956. The summed E-state index contributed by atoms with van der Waals surface area (Å²) in [5.41, 5.74) is 6.13. The Morgan fingerprint density at radius 2 is 2.16 bits per heavy atom. The van der Waals surface area contributed by atoms with Crippen LogP contribution in [0.2, 0.25) is 0 Å². The molecule has 106 valence electrons. The van der Waals surface area contributed by atoms with Gasteiger partial charge in [0.25, 0.3) is 0 Å². The first-order valence-corrected chi connectivity index (χ1v) is 5.99. The number of esters is 1. The third kappa shape index (κ3) is 3.50. The molecule has 0 fully saturated rings. The van der Waals surface area contributed by atoms with Crippen molar-refractivity contribution in [3.8, 4) is 0 Å². The van der Waals surface area contributed by atoms with E-state index in [-0.39, 0.29) is 18.1 Å². The lowest BCUT2D eigenvalue weighted by Gasteiger charge is -2.15. The van der Waals surface area contributed by atoms with Gasteiger partial charge in [-0.2, -0.15) is 0 Å². The van der Waals surface area contributed by atoms with E-state index in [0.29, 0.717) is 25.2 Å².